The van der Waals surface area contributed by atoms with Gasteiger partial charge in [-0.2, -0.15) is 11.3 Å². The summed E-state index contributed by atoms with van der Waals surface area (Å²) in [6.45, 7) is 1.08. The van der Waals surface area contributed by atoms with Gasteiger partial charge >= 0.3 is 0 Å². The van der Waals surface area contributed by atoms with E-state index in [0.717, 1.165) is 5.56 Å². The highest BCUT2D eigenvalue weighted by atomic mass is 127. The van der Waals surface area contributed by atoms with E-state index in [1.54, 1.807) is 42.6 Å². The monoisotopic (exact) mass is 574 g/mol. The number of nitrogens with zero attached hydrogens (tertiary/aromatic N) is 1. The zero-order chi connectivity index (χ0) is 21.4. The second-order valence-corrected chi connectivity index (χ2v) is 9.06. The SMILES string of the molecule is CN=C(NCc1ccsc1)NCc1cccc(S(=O)(=O)NCc2cccc(F)c2)c1.I. The lowest BCUT2D eigenvalue weighted by Gasteiger charge is -2.12. The third-order valence-electron chi connectivity index (χ3n) is 4.29. The first-order valence-electron chi connectivity index (χ1n) is 9.25. The van der Waals surface area contributed by atoms with Gasteiger partial charge in [0.25, 0.3) is 0 Å². The Morgan fingerprint density at radius 3 is 2.29 bits per heavy atom. The van der Waals surface area contributed by atoms with Crippen LogP contribution in [-0.4, -0.2) is 21.4 Å². The van der Waals surface area contributed by atoms with Crippen molar-refractivity contribution in [1.29, 1.82) is 0 Å². The fraction of sp³-hybridized carbons (Fsp3) is 0.190. The molecule has 0 unspecified atom stereocenters. The van der Waals surface area contributed by atoms with Crippen LogP contribution in [0.15, 0.2) is 75.2 Å². The molecule has 0 bridgehead atoms. The number of guanidine groups is 1. The molecular formula is C21H24FIN4O2S2. The van der Waals surface area contributed by atoms with Gasteiger partial charge in [-0.1, -0.05) is 24.3 Å². The second-order valence-electron chi connectivity index (χ2n) is 6.51. The van der Waals surface area contributed by atoms with E-state index in [0.29, 0.717) is 24.6 Å². The van der Waals surface area contributed by atoms with E-state index in [-0.39, 0.29) is 35.4 Å². The average molecular weight is 574 g/mol. The molecule has 6 nitrogen and oxygen atoms in total. The van der Waals surface area contributed by atoms with Gasteiger partial charge in [0, 0.05) is 26.7 Å². The van der Waals surface area contributed by atoms with E-state index in [9.17, 15) is 12.8 Å². The molecule has 0 aliphatic carbocycles. The first kappa shape index (κ1) is 25.2. The topological polar surface area (TPSA) is 82.6 Å². The highest BCUT2D eigenvalue weighted by Crippen LogP contribution is 2.13. The molecule has 3 N–H and O–H groups in total. The Kier molecular flexibility index (Phi) is 9.88. The van der Waals surface area contributed by atoms with Crippen LogP contribution in [0.1, 0.15) is 16.7 Å². The highest BCUT2D eigenvalue weighted by Gasteiger charge is 2.14. The van der Waals surface area contributed by atoms with Gasteiger partial charge in [0.2, 0.25) is 10.0 Å². The van der Waals surface area contributed by atoms with Crippen LogP contribution in [0.3, 0.4) is 0 Å². The molecular weight excluding hydrogens is 550 g/mol. The number of hydrogen-bond donors (Lipinski definition) is 3. The Balaban J connectivity index is 0.00000341. The summed E-state index contributed by atoms with van der Waals surface area (Å²) < 4.78 is 41.0. The summed E-state index contributed by atoms with van der Waals surface area (Å²) >= 11 is 1.63. The summed E-state index contributed by atoms with van der Waals surface area (Å²) in [4.78, 5) is 4.33. The summed E-state index contributed by atoms with van der Waals surface area (Å²) in [5.41, 5.74) is 2.51. The molecule has 166 valence electrons. The summed E-state index contributed by atoms with van der Waals surface area (Å²) in [5, 5.41) is 10.5. The summed E-state index contributed by atoms with van der Waals surface area (Å²) in [6.07, 6.45) is 0. The van der Waals surface area contributed by atoms with Crippen molar-refractivity contribution in [2.75, 3.05) is 7.05 Å². The molecule has 1 aromatic heterocycles. The van der Waals surface area contributed by atoms with Crippen LogP contribution >= 0.6 is 35.3 Å². The molecule has 0 aliphatic rings. The maximum absolute atomic E-state index is 13.3. The molecule has 3 aromatic rings. The van der Waals surface area contributed by atoms with Gasteiger partial charge in [-0.05, 0) is 57.8 Å². The molecule has 31 heavy (non-hydrogen) atoms. The molecule has 0 spiro atoms. The third kappa shape index (κ3) is 7.87. The zero-order valence-electron chi connectivity index (χ0n) is 16.8. The number of halogens is 2. The van der Waals surface area contributed by atoms with Crippen LogP contribution in [0.25, 0.3) is 0 Å². The van der Waals surface area contributed by atoms with E-state index in [2.05, 4.69) is 25.7 Å². The van der Waals surface area contributed by atoms with Gasteiger partial charge in [0.1, 0.15) is 5.82 Å². The van der Waals surface area contributed by atoms with Crippen LogP contribution in [-0.2, 0) is 29.7 Å². The van der Waals surface area contributed by atoms with E-state index in [4.69, 9.17) is 0 Å². The van der Waals surface area contributed by atoms with Gasteiger partial charge in [-0.25, -0.2) is 17.5 Å². The molecule has 10 heteroatoms. The van der Waals surface area contributed by atoms with E-state index in [1.807, 2.05) is 17.5 Å². The third-order valence-corrected chi connectivity index (χ3v) is 6.42. The maximum Gasteiger partial charge on any atom is 0.240 e. The first-order valence-corrected chi connectivity index (χ1v) is 11.7. The molecule has 2 aromatic carbocycles. The predicted molar refractivity (Wildman–Crippen MR) is 134 cm³/mol. The minimum Gasteiger partial charge on any atom is -0.352 e. The minimum atomic E-state index is -3.72. The first-order chi connectivity index (χ1) is 14.5. The van der Waals surface area contributed by atoms with Crippen LogP contribution in [0.5, 0.6) is 0 Å². The molecule has 0 radical (unpaired) electrons. The van der Waals surface area contributed by atoms with Crippen molar-refractivity contribution in [1.82, 2.24) is 15.4 Å². The highest BCUT2D eigenvalue weighted by molar-refractivity contribution is 14.0. The fourth-order valence-corrected chi connectivity index (χ4v) is 4.47. The predicted octanol–water partition coefficient (Wildman–Crippen LogP) is 3.85. The molecule has 1 heterocycles. The fourth-order valence-electron chi connectivity index (χ4n) is 2.72. The largest absolute Gasteiger partial charge is 0.352 e. The number of nitrogens with one attached hydrogen (secondary N) is 3. The van der Waals surface area contributed by atoms with Crippen LogP contribution in [0.2, 0.25) is 0 Å². The average Bonchev–Trinajstić information content (AvgIpc) is 3.26. The van der Waals surface area contributed by atoms with Crippen molar-refractivity contribution in [2.24, 2.45) is 4.99 Å². The van der Waals surface area contributed by atoms with Crippen molar-refractivity contribution in [3.63, 3.8) is 0 Å². The van der Waals surface area contributed by atoms with Crippen molar-refractivity contribution in [2.45, 2.75) is 24.5 Å². The van der Waals surface area contributed by atoms with Gasteiger partial charge in [0.05, 0.1) is 4.90 Å². The number of thiophene rings is 1. The molecule has 0 saturated carbocycles. The van der Waals surface area contributed by atoms with E-state index in [1.165, 1.54) is 23.8 Å². The lowest BCUT2D eigenvalue weighted by atomic mass is 10.2. The number of benzene rings is 2. The van der Waals surface area contributed by atoms with Crippen molar-refractivity contribution in [3.05, 3.63) is 87.9 Å². The molecule has 0 amide bonds. The summed E-state index contributed by atoms with van der Waals surface area (Å²) in [6, 6.07) is 14.5. The quantitative estimate of drug-likeness (QED) is 0.217. The Hall–Kier alpha value is -2.02. The number of hydrogen-bond acceptors (Lipinski definition) is 4. The molecule has 3 rings (SSSR count). The minimum absolute atomic E-state index is 0. The normalized spacial score (nSPS) is 11.6. The van der Waals surface area contributed by atoms with E-state index >= 15 is 0 Å². The Bertz CT molecular complexity index is 1110. The second kappa shape index (κ2) is 12.1. The van der Waals surface area contributed by atoms with E-state index < -0.39 is 15.8 Å². The molecule has 0 saturated heterocycles. The van der Waals surface area contributed by atoms with Crippen LogP contribution in [0, 0.1) is 5.82 Å². The van der Waals surface area contributed by atoms with Gasteiger partial charge in [-0.15, -0.1) is 24.0 Å². The standard InChI is InChI=1S/C21H23FN4O2S2.HI/c1-23-21(25-13-18-8-9-29-15-18)24-12-17-5-3-7-20(11-17)30(27,28)26-14-16-4-2-6-19(22)10-16;/h2-11,15,26H,12-14H2,1H3,(H2,23,24,25);1H. The number of sulfonamides is 1. The molecule has 0 fully saturated rings. The van der Waals surface area contributed by atoms with Gasteiger partial charge < -0.3 is 10.6 Å². The Morgan fingerprint density at radius 2 is 1.65 bits per heavy atom. The van der Waals surface area contributed by atoms with Crippen molar-refractivity contribution < 1.29 is 12.8 Å². The van der Waals surface area contributed by atoms with Crippen molar-refractivity contribution in [3.8, 4) is 0 Å². The van der Waals surface area contributed by atoms with Gasteiger partial charge in [-0.3, -0.25) is 4.99 Å². The Morgan fingerprint density at radius 1 is 0.968 bits per heavy atom. The summed E-state index contributed by atoms with van der Waals surface area (Å²) in [5.74, 6) is 0.222. The van der Waals surface area contributed by atoms with Gasteiger partial charge in [0.15, 0.2) is 5.96 Å². The maximum atomic E-state index is 13.3. The van der Waals surface area contributed by atoms with Crippen LogP contribution in [0.4, 0.5) is 4.39 Å². The summed E-state index contributed by atoms with van der Waals surface area (Å²) in [7, 11) is -2.04. The zero-order valence-corrected chi connectivity index (χ0v) is 20.8. The molecule has 0 atom stereocenters. The molecule has 0 aliphatic heterocycles. The smallest absolute Gasteiger partial charge is 0.240 e. The Labute approximate surface area is 203 Å². The van der Waals surface area contributed by atoms with Crippen LogP contribution < -0.4 is 15.4 Å². The number of rotatable bonds is 8. The lowest BCUT2D eigenvalue weighted by Crippen LogP contribution is -2.36. The number of aliphatic imine (C=N–C) groups is 1. The van der Waals surface area contributed by atoms with Crippen molar-refractivity contribution >= 4 is 51.3 Å². The lowest BCUT2D eigenvalue weighted by molar-refractivity contribution is 0.580.